The molecule has 7 heteroatoms. The van der Waals surface area contributed by atoms with Crippen molar-refractivity contribution in [1.29, 1.82) is 0 Å². The summed E-state index contributed by atoms with van der Waals surface area (Å²) in [6.45, 7) is 8.50. The van der Waals surface area contributed by atoms with Crippen molar-refractivity contribution in [2.45, 2.75) is 40.2 Å². The third kappa shape index (κ3) is 3.65. The average Bonchev–Trinajstić information content (AvgIpc) is 3.04. The third-order valence-corrected chi connectivity index (χ3v) is 4.18. The summed E-state index contributed by atoms with van der Waals surface area (Å²) in [5.74, 6) is 0.739. The fourth-order valence-electron chi connectivity index (χ4n) is 2.64. The van der Waals surface area contributed by atoms with Gasteiger partial charge < -0.3 is 9.88 Å². The first-order chi connectivity index (χ1) is 12.0. The SMILES string of the molecule is Cc1nc2ccc(C(=O)NCCc3nncn3C(C)C)cc2nc1C. The zero-order valence-electron chi connectivity index (χ0n) is 14.9. The molecule has 1 amide bonds. The summed E-state index contributed by atoms with van der Waals surface area (Å²) in [6, 6.07) is 5.68. The van der Waals surface area contributed by atoms with Crippen LogP contribution < -0.4 is 5.32 Å². The van der Waals surface area contributed by atoms with E-state index in [4.69, 9.17) is 0 Å². The summed E-state index contributed by atoms with van der Waals surface area (Å²) in [6.07, 6.45) is 2.35. The minimum Gasteiger partial charge on any atom is -0.352 e. The molecule has 0 aliphatic rings. The Bertz CT molecular complexity index is 915. The van der Waals surface area contributed by atoms with E-state index in [9.17, 15) is 4.79 Å². The molecule has 2 aromatic heterocycles. The monoisotopic (exact) mass is 338 g/mol. The first-order valence-corrected chi connectivity index (χ1v) is 8.37. The molecule has 0 unspecified atom stereocenters. The lowest BCUT2D eigenvalue weighted by Crippen LogP contribution is -2.26. The predicted octanol–water partition coefficient (Wildman–Crippen LogP) is 2.39. The maximum atomic E-state index is 12.4. The van der Waals surface area contributed by atoms with E-state index in [-0.39, 0.29) is 5.91 Å². The van der Waals surface area contributed by atoms with Gasteiger partial charge in [-0.15, -0.1) is 10.2 Å². The molecule has 0 saturated heterocycles. The fraction of sp³-hybridized carbons (Fsp3) is 0.389. The number of carbonyl (C=O) groups excluding carboxylic acids is 1. The Morgan fingerprint density at radius 3 is 2.60 bits per heavy atom. The van der Waals surface area contributed by atoms with Crippen LogP contribution in [0.25, 0.3) is 11.0 Å². The van der Waals surface area contributed by atoms with Gasteiger partial charge in [-0.25, -0.2) is 9.97 Å². The first kappa shape index (κ1) is 17.0. The maximum absolute atomic E-state index is 12.4. The summed E-state index contributed by atoms with van der Waals surface area (Å²) < 4.78 is 2.00. The van der Waals surface area contributed by atoms with E-state index in [1.807, 2.05) is 24.5 Å². The van der Waals surface area contributed by atoms with Crippen molar-refractivity contribution < 1.29 is 4.79 Å². The molecule has 7 nitrogen and oxygen atoms in total. The summed E-state index contributed by atoms with van der Waals surface area (Å²) in [7, 11) is 0. The number of aryl methyl sites for hydroxylation is 2. The highest BCUT2D eigenvalue weighted by Gasteiger charge is 2.10. The van der Waals surface area contributed by atoms with E-state index in [1.54, 1.807) is 18.5 Å². The Labute approximate surface area is 146 Å². The summed E-state index contributed by atoms with van der Waals surface area (Å²) in [5, 5.41) is 11.0. The minimum absolute atomic E-state index is 0.127. The number of nitrogens with zero attached hydrogens (tertiary/aromatic N) is 5. The molecule has 0 fully saturated rings. The molecule has 25 heavy (non-hydrogen) atoms. The molecule has 2 heterocycles. The Hall–Kier alpha value is -2.83. The molecule has 130 valence electrons. The molecule has 0 aliphatic heterocycles. The average molecular weight is 338 g/mol. The normalized spacial score (nSPS) is 11.2. The number of hydrogen-bond donors (Lipinski definition) is 1. The van der Waals surface area contributed by atoms with Crippen LogP contribution >= 0.6 is 0 Å². The Kier molecular flexibility index (Phi) is 4.74. The smallest absolute Gasteiger partial charge is 0.251 e. The van der Waals surface area contributed by atoms with Gasteiger partial charge >= 0.3 is 0 Å². The number of carbonyl (C=O) groups is 1. The van der Waals surface area contributed by atoms with Crippen LogP contribution in [0.3, 0.4) is 0 Å². The van der Waals surface area contributed by atoms with E-state index in [0.717, 1.165) is 28.2 Å². The topological polar surface area (TPSA) is 85.6 Å². The van der Waals surface area contributed by atoms with Gasteiger partial charge in [-0.3, -0.25) is 4.79 Å². The summed E-state index contributed by atoms with van der Waals surface area (Å²) in [5.41, 5.74) is 3.88. The maximum Gasteiger partial charge on any atom is 0.251 e. The summed E-state index contributed by atoms with van der Waals surface area (Å²) in [4.78, 5) is 21.4. The number of amides is 1. The minimum atomic E-state index is -0.127. The van der Waals surface area contributed by atoms with Crippen LogP contribution in [0.1, 0.15) is 47.5 Å². The van der Waals surface area contributed by atoms with Crippen molar-refractivity contribution in [3.05, 3.63) is 47.3 Å². The lowest BCUT2D eigenvalue weighted by molar-refractivity contribution is 0.0954. The molecule has 1 aromatic carbocycles. The van der Waals surface area contributed by atoms with Crippen LogP contribution in [-0.2, 0) is 6.42 Å². The van der Waals surface area contributed by atoms with Crippen LogP contribution in [0.5, 0.6) is 0 Å². The number of benzene rings is 1. The molecule has 0 spiro atoms. The van der Waals surface area contributed by atoms with E-state index in [2.05, 4.69) is 39.3 Å². The van der Waals surface area contributed by atoms with E-state index >= 15 is 0 Å². The van der Waals surface area contributed by atoms with Crippen molar-refractivity contribution in [3.63, 3.8) is 0 Å². The zero-order valence-corrected chi connectivity index (χ0v) is 14.9. The standard InChI is InChI=1S/C18H22N6O/c1-11(2)24-10-20-23-17(24)7-8-19-18(25)14-5-6-15-16(9-14)22-13(4)12(3)21-15/h5-6,9-11H,7-8H2,1-4H3,(H,19,25). The molecule has 0 radical (unpaired) electrons. The van der Waals surface area contributed by atoms with Crippen LogP contribution in [0.15, 0.2) is 24.5 Å². The number of rotatable bonds is 5. The van der Waals surface area contributed by atoms with Crippen molar-refractivity contribution in [2.75, 3.05) is 6.54 Å². The Balaban J connectivity index is 1.68. The third-order valence-electron chi connectivity index (χ3n) is 4.18. The summed E-state index contributed by atoms with van der Waals surface area (Å²) >= 11 is 0. The number of nitrogens with one attached hydrogen (secondary N) is 1. The second-order valence-corrected chi connectivity index (χ2v) is 6.35. The Morgan fingerprint density at radius 1 is 1.16 bits per heavy atom. The number of aromatic nitrogens is 5. The molecule has 3 aromatic rings. The second kappa shape index (κ2) is 6.96. The van der Waals surface area contributed by atoms with Crippen LogP contribution in [0.2, 0.25) is 0 Å². The molecule has 0 saturated carbocycles. The lowest BCUT2D eigenvalue weighted by Gasteiger charge is -2.10. The highest BCUT2D eigenvalue weighted by Crippen LogP contribution is 2.14. The highest BCUT2D eigenvalue weighted by atomic mass is 16.1. The highest BCUT2D eigenvalue weighted by molar-refractivity contribution is 5.97. The van der Waals surface area contributed by atoms with Gasteiger partial charge in [-0.05, 0) is 45.9 Å². The van der Waals surface area contributed by atoms with Gasteiger partial charge in [0.05, 0.1) is 22.4 Å². The van der Waals surface area contributed by atoms with Gasteiger partial charge in [-0.2, -0.15) is 0 Å². The predicted molar refractivity (Wildman–Crippen MR) is 95.5 cm³/mol. The van der Waals surface area contributed by atoms with Gasteiger partial charge in [0.1, 0.15) is 12.2 Å². The van der Waals surface area contributed by atoms with Gasteiger partial charge in [-0.1, -0.05) is 0 Å². The van der Waals surface area contributed by atoms with Crippen LogP contribution in [0.4, 0.5) is 0 Å². The second-order valence-electron chi connectivity index (χ2n) is 6.35. The molecular formula is C18H22N6O. The van der Waals surface area contributed by atoms with Crippen LogP contribution in [-0.4, -0.2) is 37.2 Å². The number of hydrogen-bond acceptors (Lipinski definition) is 5. The largest absolute Gasteiger partial charge is 0.352 e. The van der Waals surface area contributed by atoms with Crippen molar-refractivity contribution in [2.24, 2.45) is 0 Å². The molecular weight excluding hydrogens is 316 g/mol. The van der Waals surface area contributed by atoms with Gasteiger partial charge in [0, 0.05) is 24.6 Å². The van der Waals surface area contributed by atoms with Crippen molar-refractivity contribution in [3.8, 4) is 0 Å². The zero-order chi connectivity index (χ0) is 18.0. The van der Waals surface area contributed by atoms with Crippen molar-refractivity contribution >= 4 is 16.9 Å². The van der Waals surface area contributed by atoms with E-state index in [1.165, 1.54) is 0 Å². The van der Waals surface area contributed by atoms with E-state index < -0.39 is 0 Å². The van der Waals surface area contributed by atoms with Crippen molar-refractivity contribution in [1.82, 2.24) is 30.0 Å². The quantitative estimate of drug-likeness (QED) is 0.772. The Morgan fingerprint density at radius 2 is 1.88 bits per heavy atom. The molecule has 0 atom stereocenters. The molecule has 3 rings (SSSR count). The van der Waals surface area contributed by atoms with Crippen LogP contribution in [0, 0.1) is 13.8 Å². The van der Waals surface area contributed by atoms with Gasteiger partial charge in [0.2, 0.25) is 0 Å². The molecule has 1 N–H and O–H groups in total. The number of fused-ring (bicyclic) bond motifs is 1. The van der Waals surface area contributed by atoms with Gasteiger partial charge in [0.15, 0.2) is 0 Å². The lowest BCUT2D eigenvalue weighted by atomic mass is 10.1. The fourth-order valence-corrected chi connectivity index (χ4v) is 2.64. The van der Waals surface area contributed by atoms with E-state index in [0.29, 0.717) is 24.6 Å². The first-order valence-electron chi connectivity index (χ1n) is 8.37. The van der Waals surface area contributed by atoms with Gasteiger partial charge in [0.25, 0.3) is 5.91 Å². The molecule has 0 bridgehead atoms. The molecule has 0 aliphatic carbocycles.